The van der Waals surface area contributed by atoms with Crippen LogP contribution in [0.2, 0.25) is 0 Å². The lowest BCUT2D eigenvalue weighted by atomic mass is 10.1. The summed E-state index contributed by atoms with van der Waals surface area (Å²) in [6, 6.07) is 16.4. The van der Waals surface area contributed by atoms with Gasteiger partial charge in [-0.1, -0.05) is 12.1 Å². The number of fused-ring (bicyclic) bond motifs is 1. The van der Waals surface area contributed by atoms with Gasteiger partial charge in [-0.15, -0.1) is 23.1 Å². The van der Waals surface area contributed by atoms with Gasteiger partial charge in [0, 0.05) is 65.1 Å². The summed E-state index contributed by atoms with van der Waals surface area (Å²) in [4.78, 5) is 32.5. The number of benzene rings is 2. The molecule has 0 radical (unpaired) electrons. The van der Waals surface area contributed by atoms with Crippen LogP contribution in [0.25, 0.3) is 10.4 Å². The molecule has 170 valence electrons. The number of anilines is 1. The Morgan fingerprint density at radius 3 is 2.70 bits per heavy atom. The lowest BCUT2D eigenvalue weighted by Crippen LogP contribution is -2.48. The van der Waals surface area contributed by atoms with Crippen molar-refractivity contribution in [2.75, 3.05) is 37.2 Å². The van der Waals surface area contributed by atoms with Crippen LogP contribution in [0, 0.1) is 5.82 Å². The molecule has 0 atom stereocenters. The van der Waals surface area contributed by atoms with Crippen molar-refractivity contribution in [2.24, 2.45) is 0 Å². The van der Waals surface area contributed by atoms with Crippen molar-refractivity contribution >= 4 is 40.6 Å². The molecule has 1 N–H and O–H groups in total. The van der Waals surface area contributed by atoms with Gasteiger partial charge in [-0.25, -0.2) is 4.39 Å². The maximum absolute atomic E-state index is 13.5. The van der Waals surface area contributed by atoms with Gasteiger partial charge in [-0.3, -0.25) is 14.5 Å². The van der Waals surface area contributed by atoms with E-state index in [4.69, 9.17) is 0 Å². The number of nitrogens with zero attached hydrogens (tertiary/aromatic N) is 2. The summed E-state index contributed by atoms with van der Waals surface area (Å²) in [7, 11) is 0. The van der Waals surface area contributed by atoms with Crippen LogP contribution in [0.1, 0.15) is 21.7 Å². The van der Waals surface area contributed by atoms with E-state index in [2.05, 4.69) is 16.3 Å². The van der Waals surface area contributed by atoms with Crippen molar-refractivity contribution in [1.82, 2.24) is 9.80 Å². The number of carbonyl (C=O) groups excluding carboxylic acids is 2. The Kier molecular flexibility index (Phi) is 6.48. The van der Waals surface area contributed by atoms with Gasteiger partial charge in [0.1, 0.15) is 5.82 Å². The van der Waals surface area contributed by atoms with Crippen LogP contribution in [0.3, 0.4) is 0 Å². The van der Waals surface area contributed by atoms with Crippen LogP contribution in [-0.4, -0.2) is 53.5 Å². The summed E-state index contributed by atoms with van der Waals surface area (Å²) >= 11 is 3.32. The number of thioether (sulfide) groups is 1. The first kappa shape index (κ1) is 22.1. The number of hydrogen-bond donors (Lipinski definition) is 1. The molecule has 2 aliphatic heterocycles. The summed E-state index contributed by atoms with van der Waals surface area (Å²) in [6.07, 6.45) is 0.485. The standard InChI is InChI=1S/C25H24FN3O2S2/c26-19-3-1-2-17(14-19)22-7-5-20(33-22)16-28-9-11-29(12-10-28)25(31)18-4-6-23-21(15-18)27-24(30)8-13-32-23/h1-7,14-15H,8-13,16H2,(H,27,30). The maximum atomic E-state index is 13.5. The minimum atomic E-state index is -0.223. The fourth-order valence-corrected chi connectivity index (χ4v) is 6.11. The largest absolute Gasteiger partial charge is 0.336 e. The van der Waals surface area contributed by atoms with Crippen molar-refractivity contribution in [2.45, 2.75) is 17.9 Å². The van der Waals surface area contributed by atoms with E-state index >= 15 is 0 Å². The average molecular weight is 482 g/mol. The highest BCUT2D eigenvalue weighted by atomic mass is 32.2. The molecule has 5 rings (SSSR count). The number of thiophene rings is 1. The van der Waals surface area contributed by atoms with Crippen molar-refractivity contribution in [3.05, 3.63) is 70.9 Å². The predicted molar refractivity (Wildman–Crippen MR) is 131 cm³/mol. The molecule has 0 unspecified atom stereocenters. The normalized spacial score (nSPS) is 16.8. The van der Waals surface area contributed by atoms with Crippen LogP contribution in [0.4, 0.5) is 10.1 Å². The Labute approximate surface area is 200 Å². The molecule has 2 aromatic carbocycles. The van der Waals surface area contributed by atoms with E-state index in [1.165, 1.54) is 10.9 Å². The molecular formula is C25H24FN3O2S2. The molecule has 33 heavy (non-hydrogen) atoms. The van der Waals surface area contributed by atoms with E-state index in [-0.39, 0.29) is 17.6 Å². The Bertz CT molecular complexity index is 1190. The van der Waals surface area contributed by atoms with Crippen molar-refractivity contribution in [1.29, 1.82) is 0 Å². The second-order valence-electron chi connectivity index (χ2n) is 8.20. The van der Waals surface area contributed by atoms with Crippen LogP contribution < -0.4 is 5.32 Å². The molecule has 3 aromatic rings. The number of hydrogen-bond acceptors (Lipinski definition) is 5. The Hall–Kier alpha value is -2.68. The third kappa shape index (κ3) is 5.13. The molecule has 1 aromatic heterocycles. The van der Waals surface area contributed by atoms with Crippen molar-refractivity contribution in [3.8, 4) is 10.4 Å². The average Bonchev–Trinajstić information content (AvgIpc) is 3.20. The summed E-state index contributed by atoms with van der Waals surface area (Å²) in [6.45, 7) is 3.76. The number of amides is 2. The molecule has 3 heterocycles. The first-order valence-electron chi connectivity index (χ1n) is 11.0. The van der Waals surface area contributed by atoms with Gasteiger partial charge >= 0.3 is 0 Å². The molecule has 1 fully saturated rings. The number of halogens is 1. The van der Waals surface area contributed by atoms with Crippen LogP contribution in [-0.2, 0) is 11.3 Å². The van der Waals surface area contributed by atoms with E-state index in [0.29, 0.717) is 25.1 Å². The van der Waals surface area contributed by atoms with Gasteiger partial charge in [0.05, 0.1) is 5.69 Å². The molecule has 2 amide bonds. The van der Waals surface area contributed by atoms with Crippen LogP contribution >= 0.6 is 23.1 Å². The lowest BCUT2D eigenvalue weighted by Gasteiger charge is -2.34. The molecule has 0 bridgehead atoms. The molecule has 0 saturated carbocycles. The van der Waals surface area contributed by atoms with Crippen LogP contribution in [0.5, 0.6) is 0 Å². The number of rotatable bonds is 4. The van der Waals surface area contributed by atoms with Gasteiger partial charge in [-0.2, -0.15) is 0 Å². The van der Waals surface area contributed by atoms with Gasteiger partial charge in [0.2, 0.25) is 5.91 Å². The van der Waals surface area contributed by atoms with Crippen LogP contribution in [0.15, 0.2) is 59.5 Å². The Balaban J connectivity index is 1.19. The highest BCUT2D eigenvalue weighted by molar-refractivity contribution is 7.99. The second kappa shape index (κ2) is 9.67. The minimum Gasteiger partial charge on any atom is -0.336 e. The van der Waals surface area contributed by atoms with E-state index in [1.807, 2.05) is 29.2 Å². The lowest BCUT2D eigenvalue weighted by molar-refractivity contribution is -0.115. The van der Waals surface area contributed by atoms with Gasteiger partial charge in [-0.05, 0) is 48.0 Å². The predicted octanol–water partition coefficient (Wildman–Crippen LogP) is 4.95. The molecule has 5 nitrogen and oxygen atoms in total. The molecular weight excluding hydrogens is 457 g/mol. The smallest absolute Gasteiger partial charge is 0.254 e. The molecule has 8 heteroatoms. The Morgan fingerprint density at radius 2 is 1.88 bits per heavy atom. The summed E-state index contributed by atoms with van der Waals surface area (Å²) < 4.78 is 13.5. The van der Waals surface area contributed by atoms with Crippen molar-refractivity contribution < 1.29 is 14.0 Å². The third-order valence-electron chi connectivity index (χ3n) is 5.90. The fraction of sp³-hybridized carbons (Fsp3) is 0.280. The molecule has 0 spiro atoms. The van der Waals surface area contributed by atoms with E-state index in [1.54, 1.807) is 41.3 Å². The van der Waals surface area contributed by atoms with E-state index < -0.39 is 0 Å². The summed E-state index contributed by atoms with van der Waals surface area (Å²) in [5, 5.41) is 2.91. The first-order valence-corrected chi connectivity index (χ1v) is 12.8. The van der Waals surface area contributed by atoms with E-state index in [9.17, 15) is 14.0 Å². The minimum absolute atomic E-state index is 0.00506. The van der Waals surface area contributed by atoms with Gasteiger partial charge < -0.3 is 10.2 Å². The SMILES string of the molecule is O=C1CCSc2ccc(C(=O)N3CCN(Cc4ccc(-c5cccc(F)c5)s4)CC3)cc2N1. The Morgan fingerprint density at radius 1 is 1.03 bits per heavy atom. The topological polar surface area (TPSA) is 52.7 Å². The molecule has 1 saturated heterocycles. The summed E-state index contributed by atoms with van der Waals surface area (Å²) in [5.41, 5.74) is 2.25. The zero-order chi connectivity index (χ0) is 22.8. The maximum Gasteiger partial charge on any atom is 0.254 e. The van der Waals surface area contributed by atoms with Gasteiger partial charge in [0.15, 0.2) is 0 Å². The van der Waals surface area contributed by atoms with Gasteiger partial charge in [0.25, 0.3) is 5.91 Å². The van der Waals surface area contributed by atoms with Crippen molar-refractivity contribution in [3.63, 3.8) is 0 Å². The zero-order valence-corrected chi connectivity index (χ0v) is 19.7. The van der Waals surface area contributed by atoms with E-state index in [0.717, 1.165) is 46.4 Å². The second-order valence-corrected chi connectivity index (χ2v) is 10.5. The highest BCUT2D eigenvalue weighted by Crippen LogP contribution is 2.32. The molecule has 2 aliphatic rings. The zero-order valence-electron chi connectivity index (χ0n) is 18.1. The highest BCUT2D eigenvalue weighted by Gasteiger charge is 2.24. The number of nitrogens with one attached hydrogen (secondary N) is 1. The quantitative estimate of drug-likeness (QED) is 0.573. The monoisotopic (exact) mass is 481 g/mol. The molecule has 0 aliphatic carbocycles. The first-order chi connectivity index (χ1) is 16.0. The fourth-order valence-electron chi connectivity index (χ4n) is 4.12. The number of carbonyl (C=O) groups is 2. The summed E-state index contributed by atoms with van der Waals surface area (Å²) in [5.74, 6) is 0.528. The number of piperazine rings is 1. The third-order valence-corrected chi connectivity index (χ3v) is 8.09.